The smallest absolute Gasteiger partial charge is 0.134 e. The van der Waals surface area contributed by atoms with Crippen molar-refractivity contribution in [1.29, 1.82) is 0 Å². The van der Waals surface area contributed by atoms with Gasteiger partial charge in [-0.05, 0) is 28.4 Å². The minimum absolute atomic E-state index is 0.0783. The van der Waals surface area contributed by atoms with E-state index in [0.717, 1.165) is 31.7 Å². The summed E-state index contributed by atoms with van der Waals surface area (Å²) in [6.45, 7) is 3.92. The third kappa shape index (κ3) is 3.03. The molecular formula is C13H19BrN2O2. The van der Waals surface area contributed by atoms with Crippen molar-refractivity contribution in [2.45, 2.75) is 12.5 Å². The lowest BCUT2D eigenvalue weighted by molar-refractivity contribution is 0.139. The van der Waals surface area contributed by atoms with Gasteiger partial charge in [0.25, 0.3) is 0 Å². The number of phenolic OH excluding ortho intramolecular Hbond substituents is 1. The largest absolute Gasteiger partial charge is 0.506 e. The van der Waals surface area contributed by atoms with Gasteiger partial charge in [0, 0.05) is 44.4 Å². The molecule has 4 nitrogen and oxygen atoms in total. The lowest BCUT2D eigenvalue weighted by atomic mass is 10.0. The van der Waals surface area contributed by atoms with Crippen LogP contribution >= 0.6 is 15.9 Å². The standard InChI is InChI=1S/C13H19BrN2O2/c14-11-3-1-2-10(13(11)18)12(4-9-17)16-7-5-15-6-8-16/h1-3,12,15,17-18H,4-9H2/t12-/m0/s1. The monoisotopic (exact) mass is 314 g/mol. The summed E-state index contributed by atoms with van der Waals surface area (Å²) in [5.41, 5.74) is 0.889. The normalized spacial score (nSPS) is 18.8. The number of benzene rings is 1. The Labute approximate surface area is 116 Å². The van der Waals surface area contributed by atoms with Gasteiger partial charge in [0.05, 0.1) is 4.47 Å². The molecule has 1 saturated heterocycles. The van der Waals surface area contributed by atoms with Crippen LogP contribution in [0.5, 0.6) is 5.75 Å². The summed E-state index contributed by atoms with van der Waals surface area (Å²) >= 11 is 3.35. The second-order valence-electron chi connectivity index (χ2n) is 4.49. The van der Waals surface area contributed by atoms with Crippen molar-refractivity contribution in [2.75, 3.05) is 32.8 Å². The quantitative estimate of drug-likeness (QED) is 0.788. The zero-order valence-electron chi connectivity index (χ0n) is 10.3. The van der Waals surface area contributed by atoms with Crippen molar-refractivity contribution in [1.82, 2.24) is 10.2 Å². The SMILES string of the molecule is OCC[C@@H](c1cccc(Br)c1O)N1CCNCC1. The number of nitrogens with one attached hydrogen (secondary N) is 1. The maximum atomic E-state index is 10.2. The molecule has 18 heavy (non-hydrogen) atoms. The van der Waals surface area contributed by atoms with Crippen LogP contribution in [0.4, 0.5) is 0 Å². The first-order valence-electron chi connectivity index (χ1n) is 6.27. The second kappa shape index (κ2) is 6.52. The zero-order valence-corrected chi connectivity index (χ0v) is 11.9. The van der Waals surface area contributed by atoms with Crippen LogP contribution in [0.3, 0.4) is 0 Å². The first-order valence-corrected chi connectivity index (χ1v) is 7.06. The summed E-state index contributed by atoms with van der Waals surface area (Å²) < 4.78 is 0.707. The number of phenols is 1. The van der Waals surface area contributed by atoms with Gasteiger partial charge in [0.15, 0.2) is 0 Å². The Hall–Kier alpha value is -0.620. The van der Waals surface area contributed by atoms with Crippen molar-refractivity contribution >= 4 is 15.9 Å². The van der Waals surface area contributed by atoms with Gasteiger partial charge in [0.1, 0.15) is 5.75 Å². The van der Waals surface area contributed by atoms with E-state index in [2.05, 4.69) is 26.1 Å². The maximum Gasteiger partial charge on any atom is 0.134 e. The lowest BCUT2D eigenvalue weighted by Crippen LogP contribution is -2.45. The molecule has 100 valence electrons. The zero-order chi connectivity index (χ0) is 13.0. The first kappa shape index (κ1) is 13.8. The Bertz CT molecular complexity index is 395. The van der Waals surface area contributed by atoms with Crippen LogP contribution in [-0.2, 0) is 0 Å². The lowest BCUT2D eigenvalue weighted by Gasteiger charge is -2.35. The van der Waals surface area contributed by atoms with Gasteiger partial charge in [-0.15, -0.1) is 0 Å². The molecule has 0 radical (unpaired) electrons. The summed E-state index contributed by atoms with van der Waals surface area (Å²) in [6, 6.07) is 5.76. The van der Waals surface area contributed by atoms with Crippen molar-refractivity contribution < 1.29 is 10.2 Å². The molecule has 1 aliphatic rings. The Morgan fingerprint density at radius 1 is 1.33 bits per heavy atom. The van der Waals surface area contributed by atoms with E-state index in [9.17, 15) is 10.2 Å². The Kier molecular flexibility index (Phi) is 5.00. The van der Waals surface area contributed by atoms with E-state index >= 15 is 0 Å². The fourth-order valence-electron chi connectivity index (χ4n) is 2.45. The molecule has 0 bridgehead atoms. The van der Waals surface area contributed by atoms with E-state index in [1.165, 1.54) is 0 Å². The first-order chi connectivity index (χ1) is 8.74. The summed E-state index contributed by atoms with van der Waals surface area (Å²) in [6.07, 6.45) is 0.643. The molecule has 0 saturated carbocycles. The third-order valence-corrected chi connectivity index (χ3v) is 4.01. The fourth-order valence-corrected chi connectivity index (χ4v) is 2.83. The van der Waals surface area contributed by atoms with E-state index in [-0.39, 0.29) is 18.4 Å². The third-order valence-electron chi connectivity index (χ3n) is 3.37. The average molecular weight is 315 g/mol. The molecule has 1 atom stereocenters. The highest BCUT2D eigenvalue weighted by Gasteiger charge is 2.24. The van der Waals surface area contributed by atoms with Crippen LogP contribution in [0, 0.1) is 0 Å². The van der Waals surface area contributed by atoms with Crippen molar-refractivity contribution in [3.8, 4) is 5.75 Å². The summed E-state index contributed by atoms with van der Waals surface area (Å²) in [4.78, 5) is 2.31. The number of nitrogens with zero attached hydrogens (tertiary/aromatic N) is 1. The van der Waals surface area contributed by atoms with Crippen LogP contribution in [0.15, 0.2) is 22.7 Å². The molecule has 0 aliphatic carbocycles. The number of aliphatic hydroxyl groups is 1. The van der Waals surface area contributed by atoms with Gasteiger partial charge in [-0.25, -0.2) is 0 Å². The number of para-hydroxylation sites is 1. The fraction of sp³-hybridized carbons (Fsp3) is 0.538. The van der Waals surface area contributed by atoms with Crippen molar-refractivity contribution in [2.24, 2.45) is 0 Å². The van der Waals surface area contributed by atoms with Crippen LogP contribution in [0.2, 0.25) is 0 Å². The number of aromatic hydroxyl groups is 1. The van der Waals surface area contributed by atoms with Gasteiger partial charge in [-0.1, -0.05) is 12.1 Å². The molecule has 0 amide bonds. The van der Waals surface area contributed by atoms with E-state index < -0.39 is 0 Å². The van der Waals surface area contributed by atoms with Crippen LogP contribution in [0.1, 0.15) is 18.0 Å². The molecule has 0 unspecified atom stereocenters. The van der Waals surface area contributed by atoms with Crippen molar-refractivity contribution in [3.63, 3.8) is 0 Å². The average Bonchev–Trinajstić information content (AvgIpc) is 2.41. The summed E-state index contributed by atoms with van der Waals surface area (Å²) in [5.74, 6) is 0.287. The van der Waals surface area contributed by atoms with E-state index in [4.69, 9.17) is 0 Å². The summed E-state index contributed by atoms with van der Waals surface area (Å²) in [5, 5.41) is 22.7. The van der Waals surface area contributed by atoms with E-state index in [0.29, 0.717) is 10.9 Å². The van der Waals surface area contributed by atoms with Gasteiger partial charge >= 0.3 is 0 Å². The van der Waals surface area contributed by atoms with E-state index in [1.54, 1.807) is 0 Å². The van der Waals surface area contributed by atoms with Crippen LogP contribution in [-0.4, -0.2) is 47.9 Å². The Balaban J connectivity index is 2.25. The molecule has 0 spiro atoms. The molecule has 1 aromatic carbocycles. The minimum atomic E-state index is 0.0783. The predicted molar refractivity (Wildman–Crippen MR) is 74.7 cm³/mol. The Morgan fingerprint density at radius 3 is 2.72 bits per heavy atom. The van der Waals surface area contributed by atoms with Crippen molar-refractivity contribution in [3.05, 3.63) is 28.2 Å². The molecule has 5 heteroatoms. The molecule has 3 N–H and O–H groups in total. The van der Waals surface area contributed by atoms with Crippen LogP contribution in [0.25, 0.3) is 0 Å². The second-order valence-corrected chi connectivity index (χ2v) is 5.35. The molecule has 1 aromatic rings. The number of hydrogen-bond donors (Lipinski definition) is 3. The van der Waals surface area contributed by atoms with Gasteiger partial charge < -0.3 is 15.5 Å². The number of hydrogen-bond acceptors (Lipinski definition) is 4. The number of halogens is 1. The predicted octanol–water partition coefficient (Wildman–Crippen LogP) is 1.48. The molecule has 0 aromatic heterocycles. The Morgan fingerprint density at radius 2 is 2.06 bits per heavy atom. The highest BCUT2D eigenvalue weighted by atomic mass is 79.9. The molecular weight excluding hydrogens is 296 g/mol. The number of piperazine rings is 1. The van der Waals surface area contributed by atoms with E-state index in [1.807, 2.05) is 18.2 Å². The number of rotatable bonds is 4. The molecule has 2 rings (SSSR count). The highest BCUT2D eigenvalue weighted by Crippen LogP contribution is 2.36. The minimum Gasteiger partial charge on any atom is -0.506 e. The van der Waals surface area contributed by atoms with Crippen LogP contribution < -0.4 is 5.32 Å². The molecule has 1 aliphatic heterocycles. The van der Waals surface area contributed by atoms with Gasteiger partial charge in [-0.3, -0.25) is 4.90 Å². The summed E-state index contributed by atoms with van der Waals surface area (Å²) in [7, 11) is 0. The highest BCUT2D eigenvalue weighted by molar-refractivity contribution is 9.10. The van der Waals surface area contributed by atoms with Gasteiger partial charge in [0.2, 0.25) is 0 Å². The molecule has 1 heterocycles. The van der Waals surface area contributed by atoms with Gasteiger partial charge in [-0.2, -0.15) is 0 Å². The molecule has 1 fully saturated rings. The maximum absolute atomic E-state index is 10.2. The topological polar surface area (TPSA) is 55.7 Å². The number of aliphatic hydroxyl groups excluding tert-OH is 1.